The van der Waals surface area contributed by atoms with E-state index in [2.05, 4.69) is 20.9 Å². The third-order valence-corrected chi connectivity index (χ3v) is 4.35. The molecule has 7 nitrogen and oxygen atoms in total. The number of benzene rings is 2. The van der Waals surface area contributed by atoms with Crippen LogP contribution >= 0.6 is 0 Å². The molecule has 1 atom stereocenters. The molecule has 2 aromatic carbocycles. The maximum absolute atomic E-state index is 12.0. The van der Waals surface area contributed by atoms with Crippen molar-refractivity contribution in [1.29, 1.82) is 0 Å². The Bertz CT molecular complexity index is 825. The Hall–Kier alpha value is -3.06. The largest absolute Gasteiger partial charge is 0.491 e. The van der Waals surface area contributed by atoms with Crippen molar-refractivity contribution >= 4 is 11.9 Å². The van der Waals surface area contributed by atoms with Gasteiger partial charge in [0.15, 0.2) is 5.96 Å². The number of aliphatic hydroxyl groups is 1. The van der Waals surface area contributed by atoms with Crippen molar-refractivity contribution in [2.75, 3.05) is 26.2 Å². The van der Waals surface area contributed by atoms with Gasteiger partial charge in [-0.1, -0.05) is 30.3 Å². The second-order valence-electron chi connectivity index (χ2n) is 7.38. The van der Waals surface area contributed by atoms with Crippen molar-refractivity contribution in [2.45, 2.75) is 39.4 Å². The number of hydrogen-bond donors (Lipinski definition) is 4. The Morgan fingerprint density at radius 1 is 1.03 bits per heavy atom. The summed E-state index contributed by atoms with van der Waals surface area (Å²) < 4.78 is 5.69. The number of aliphatic imine (C=N–C) groups is 1. The highest BCUT2D eigenvalue weighted by Crippen LogP contribution is 2.20. The number of nitrogens with zero attached hydrogens (tertiary/aromatic N) is 1. The molecule has 0 aliphatic rings. The van der Waals surface area contributed by atoms with Crippen molar-refractivity contribution < 1.29 is 14.6 Å². The van der Waals surface area contributed by atoms with Crippen LogP contribution in [-0.4, -0.2) is 49.3 Å². The molecule has 2 rings (SSSR count). The van der Waals surface area contributed by atoms with E-state index >= 15 is 0 Å². The molecule has 2 aromatic rings. The maximum atomic E-state index is 12.0. The van der Waals surface area contributed by atoms with E-state index in [1.807, 2.05) is 63.2 Å². The summed E-state index contributed by atoms with van der Waals surface area (Å²) in [6.45, 7) is 8.07. The van der Waals surface area contributed by atoms with E-state index in [4.69, 9.17) is 4.74 Å². The van der Waals surface area contributed by atoms with E-state index in [9.17, 15) is 9.90 Å². The van der Waals surface area contributed by atoms with Crippen LogP contribution in [-0.2, 0) is 0 Å². The maximum Gasteiger partial charge on any atom is 0.251 e. The lowest BCUT2D eigenvalue weighted by Gasteiger charge is -2.15. The summed E-state index contributed by atoms with van der Waals surface area (Å²) in [6.07, 6.45) is 0.101. The van der Waals surface area contributed by atoms with Crippen molar-refractivity contribution in [3.8, 4) is 5.75 Å². The molecule has 0 fully saturated rings. The summed E-state index contributed by atoms with van der Waals surface area (Å²) in [5.41, 5.74) is 1.42. The highest BCUT2D eigenvalue weighted by atomic mass is 16.5. The Morgan fingerprint density at radius 2 is 1.77 bits per heavy atom. The zero-order chi connectivity index (χ0) is 22.5. The van der Waals surface area contributed by atoms with Gasteiger partial charge in [0, 0.05) is 25.2 Å². The zero-order valence-corrected chi connectivity index (χ0v) is 18.6. The summed E-state index contributed by atoms with van der Waals surface area (Å²) in [4.78, 5) is 16.5. The van der Waals surface area contributed by atoms with Crippen LogP contribution in [0.1, 0.15) is 49.2 Å². The summed E-state index contributed by atoms with van der Waals surface area (Å²) in [5, 5.41) is 19.8. The second kappa shape index (κ2) is 13.3. The van der Waals surface area contributed by atoms with Gasteiger partial charge in [-0.2, -0.15) is 0 Å². The number of ether oxygens (including phenoxy) is 1. The van der Waals surface area contributed by atoms with Crippen molar-refractivity contribution in [2.24, 2.45) is 4.99 Å². The summed E-state index contributed by atoms with van der Waals surface area (Å²) in [5.74, 6) is 1.29. The third-order valence-electron chi connectivity index (χ3n) is 4.35. The summed E-state index contributed by atoms with van der Waals surface area (Å²) >= 11 is 0. The molecule has 4 N–H and O–H groups in total. The van der Waals surface area contributed by atoms with Gasteiger partial charge >= 0.3 is 0 Å². The third kappa shape index (κ3) is 9.09. The molecule has 0 aromatic heterocycles. The first kappa shape index (κ1) is 24.2. The topological polar surface area (TPSA) is 95.0 Å². The highest BCUT2D eigenvalue weighted by molar-refractivity contribution is 5.94. The van der Waals surface area contributed by atoms with Crippen LogP contribution in [0.25, 0.3) is 0 Å². The Morgan fingerprint density at radius 3 is 2.48 bits per heavy atom. The summed E-state index contributed by atoms with van der Waals surface area (Å²) in [7, 11) is 0. The fourth-order valence-corrected chi connectivity index (χ4v) is 2.88. The van der Waals surface area contributed by atoms with Gasteiger partial charge in [-0.15, -0.1) is 0 Å². The average Bonchev–Trinajstić information content (AvgIpc) is 2.77. The quantitative estimate of drug-likeness (QED) is 0.252. The van der Waals surface area contributed by atoms with Crippen molar-refractivity contribution in [3.05, 3.63) is 65.7 Å². The second-order valence-corrected chi connectivity index (χ2v) is 7.38. The van der Waals surface area contributed by atoms with Gasteiger partial charge < -0.3 is 25.8 Å². The molecule has 0 saturated carbocycles. The Kier molecular flexibility index (Phi) is 10.4. The molecule has 0 aliphatic carbocycles. The van der Waals surface area contributed by atoms with E-state index in [1.165, 1.54) is 0 Å². The van der Waals surface area contributed by atoms with E-state index in [-0.39, 0.29) is 18.6 Å². The lowest BCUT2D eigenvalue weighted by molar-refractivity contribution is 0.0953. The van der Waals surface area contributed by atoms with Gasteiger partial charge in [-0.05, 0) is 57.0 Å². The molecule has 0 saturated heterocycles. The number of aliphatic hydroxyl groups excluding tert-OH is 1. The minimum atomic E-state index is -0.726. The SMILES string of the molecule is CCNC(=NCC(O)c1cccc(OC(C)C)c1)NCCCNC(=O)c1ccccc1. The standard InChI is InChI=1S/C24H34N4O3/c1-4-25-24(27-15-9-14-26-23(30)19-10-6-5-7-11-19)28-17-22(29)20-12-8-13-21(16-20)31-18(2)3/h5-8,10-13,16,18,22,29H,4,9,14-15,17H2,1-3H3,(H,26,30)(H2,25,27,28). The summed E-state index contributed by atoms with van der Waals surface area (Å²) in [6, 6.07) is 16.6. The van der Waals surface area contributed by atoms with Gasteiger partial charge in [0.1, 0.15) is 5.75 Å². The molecule has 0 bridgehead atoms. The Balaban J connectivity index is 1.78. The molecule has 0 aliphatic heterocycles. The number of carbonyl (C=O) groups is 1. The predicted molar refractivity (Wildman–Crippen MR) is 125 cm³/mol. The van der Waals surface area contributed by atoms with E-state index in [0.717, 1.165) is 17.7 Å². The van der Waals surface area contributed by atoms with Gasteiger partial charge in [0.05, 0.1) is 18.8 Å². The van der Waals surface area contributed by atoms with Crippen LogP contribution in [0.3, 0.4) is 0 Å². The molecule has 0 spiro atoms. The van der Waals surface area contributed by atoms with Crippen LogP contribution in [0.4, 0.5) is 0 Å². The average molecular weight is 427 g/mol. The number of hydrogen-bond acceptors (Lipinski definition) is 4. The molecule has 1 unspecified atom stereocenters. The van der Waals surface area contributed by atoms with Crippen LogP contribution < -0.4 is 20.7 Å². The number of rotatable bonds is 11. The Labute approximate surface area is 184 Å². The fourth-order valence-electron chi connectivity index (χ4n) is 2.88. The minimum absolute atomic E-state index is 0.0760. The van der Waals surface area contributed by atoms with E-state index in [0.29, 0.717) is 31.2 Å². The number of guanidine groups is 1. The van der Waals surface area contributed by atoms with Crippen molar-refractivity contribution in [3.63, 3.8) is 0 Å². The highest BCUT2D eigenvalue weighted by Gasteiger charge is 2.09. The molecule has 0 heterocycles. The van der Waals surface area contributed by atoms with Gasteiger partial charge in [-0.3, -0.25) is 9.79 Å². The molecule has 168 valence electrons. The first-order valence-corrected chi connectivity index (χ1v) is 10.8. The molecular weight excluding hydrogens is 392 g/mol. The van der Waals surface area contributed by atoms with Gasteiger partial charge in [0.25, 0.3) is 5.91 Å². The predicted octanol–water partition coefficient (Wildman–Crippen LogP) is 2.88. The molecule has 7 heteroatoms. The van der Waals surface area contributed by atoms with Crippen LogP contribution in [0.2, 0.25) is 0 Å². The van der Waals surface area contributed by atoms with Crippen LogP contribution in [0.5, 0.6) is 5.75 Å². The molecule has 0 radical (unpaired) electrons. The van der Waals surface area contributed by atoms with E-state index < -0.39 is 6.10 Å². The smallest absolute Gasteiger partial charge is 0.251 e. The van der Waals surface area contributed by atoms with Crippen LogP contribution in [0, 0.1) is 0 Å². The fraction of sp³-hybridized carbons (Fsp3) is 0.417. The first-order chi connectivity index (χ1) is 15.0. The number of carbonyl (C=O) groups excluding carboxylic acids is 1. The van der Waals surface area contributed by atoms with Crippen molar-refractivity contribution in [1.82, 2.24) is 16.0 Å². The van der Waals surface area contributed by atoms with Gasteiger partial charge in [-0.25, -0.2) is 0 Å². The lowest BCUT2D eigenvalue weighted by atomic mass is 10.1. The zero-order valence-electron chi connectivity index (χ0n) is 18.6. The van der Waals surface area contributed by atoms with Crippen LogP contribution in [0.15, 0.2) is 59.6 Å². The number of nitrogens with one attached hydrogen (secondary N) is 3. The molecule has 31 heavy (non-hydrogen) atoms. The molecular formula is C24H34N4O3. The minimum Gasteiger partial charge on any atom is -0.491 e. The van der Waals surface area contributed by atoms with E-state index in [1.54, 1.807) is 12.1 Å². The lowest BCUT2D eigenvalue weighted by Crippen LogP contribution is -2.39. The molecule has 1 amide bonds. The normalized spacial score (nSPS) is 12.4. The first-order valence-electron chi connectivity index (χ1n) is 10.8. The van der Waals surface area contributed by atoms with Gasteiger partial charge in [0.2, 0.25) is 0 Å². The monoisotopic (exact) mass is 426 g/mol. The number of amides is 1.